The van der Waals surface area contributed by atoms with Crippen molar-refractivity contribution in [3.8, 4) is 0 Å². The lowest BCUT2D eigenvalue weighted by molar-refractivity contribution is 0.0787. The zero-order valence-corrected chi connectivity index (χ0v) is 13.4. The highest BCUT2D eigenvalue weighted by Crippen LogP contribution is 2.29. The second-order valence-electron chi connectivity index (χ2n) is 5.07. The third-order valence-electron chi connectivity index (χ3n) is 3.60. The van der Waals surface area contributed by atoms with E-state index in [0.29, 0.717) is 6.10 Å². The fourth-order valence-electron chi connectivity index (χ4n) is 2.73. The van der Waals surface area contributed by atoms with Crippen LogP contribution in [0.5, 0.6) is 0 Å². The van der Waals surface area contributed by atoms with Gasteiger partial charge in [-0.3, -0.25) is 0 Å². The lowest BCUT2D eigenvalue weighted by Crippen LogP contribution is -2.24. The van der Waals surface area contributed by atoms with Crippen molar-refractivity contribution < 1.29 is 4.74 Å². The topological polar surface area (TPSA) is 38.2 Å². The molecule has 4 nitrogen and oxygen atoms in total. The summed E-state index contributed by atoms with van der Waals surface area (Å²) < 4.78 is 6.77. The number of benzene rings is 1. The summed E-state index contributed by atoms with van der Waals surface area (Å²) in [4.78, 5) is 11.5. The van der Waals surface area contributed by atoms with Crippen molar-refractivity contribution >= 4 is 32.7 Å². The van der Waals surface area contributed by atoms with Gasteiger partial charge in [-0.1, -0.05) is 15.9 Å². The highest BCUT2D eigenvalue weighted by molar-refractivity contribution is 9.10. The first-order chi connectivity index (χ1) is 9.67. The molecule has 0 N–H and O–H groups in total. The van der Waals surface area contributed by atoms with E-state index in [1.165, 1.54) is 0 Å². The van der Waals surface area contributed by atoms with E-state index in [9.17, 15) is 0 Å². The summed E-state index contributed by atoms with van der Waals surface area (Å²) in [6, 6.07) is 6.17. The molecule has 5 heteroatoms. The number of halogens is 1. The summed E-state index contributed by atoms with van der Waals surface area (Å²) in [6.07, 6.45) is 1.38. The summed E-state index contributed by atoms with van der Waals surface area (Å²) in [6.45, 7) is 6.67. The van der Waals surface area contributed by atoms with Crippen LogP contribution in [-0.2, 0) is 4.74 Å². The summed E-state index contributed by atoms with van der Waals surface area (Å²) in [5, 5.41) is 1.11. The predicted octanol–water partition coefficient (Wildman–Crippen LogP) is 3.32. The molecule has 0 bridgehead atoms. The Bertz CT molecular complexity index is 627. The van der Waals surface area contributed by atoms with Gasteiger partial charge in [0.25, 0.3) is 0 Å². The molecule has 3 rings (SSSR count). The molecule has 0 amide bonds. The Kier molecular flexibility index (Phi) is 3.89. The number of hydrogen-bond acceptors (Lipinski definition) is 4. The van der Waals surface area contributed by atoms with Crippen LogP contribution in [-0.4, -0.2) is 35.8 Å². The summed E-state index contributed by atoms with van der Waals surface area (Å²) >= 11 is 3.50. The molecule has 0 aliphatic carbocycles. The largest absolute Gasteiger partial charge is 0.377 e. The van der Waals surface area contributed by atoms with Gasteiger partial charge in [0.1, 0.15) is 11.6 Å². The van der Waals surface area contributed by atoms with Crippen LogP contribution in [0.3, 0.4) is 0 Å². The molecule has 0 radical (unpaired) electrons. The average Bonchev–Trinajstić information content (AvgIpc) is 2.86. The Morgan fingerprint density at radius 3 is 3.05 bits per heavy atom. The first-order valence-electron chi connectivity index (χ1n) is 6.98. The number of ether oxygens (including phenoxy) is 1. The Labute approximate surface area is 127 Å². The van der Waals surface area contributed by atoms with E-state index in [1.54, 1.807) is 0 Å². The minimum absolute atomic E-state index is 0.320. The Balaban J connectivity index is 1.99. The second-order valence-corrected chi connectivity index (χ2v) is 5.98. The van der Waals surface area contributed by atoms with Crippen LogP contribution in [0.25, 0.3) is 10.9 Å². The number of fused-ring (bicyclic) bond motifs is 1. The monoisotopic (exact) mass is 335 g/mol. The number of aromatic nitrogens is 2. The van der Waals surface area contributed by atoms with E-state index < -0.39 is 0 Å². The van der Waals surface area contributed by atoms with Gasteiger partial charge in [0, 0.05) is 29.6 Å². The van der Waals surface area contributed by atoms with Gasteiger partial charge in [-0.25, -0.2) is 9.97 Å². The van der Waals surface area contributed by atoms with Gasteiger partial charge < -0.3 is 9.64 Å². The molecule has 1 saturated heterocycles. The second kappa shape index (κ2) is 5.66. The van der Waals surface area contributed by atoms with Gasteiger partial charge in [0.15, 0.2) is 0 Å². The zero-order valence-electron chi connectivity index (χ0n) is 11.8. The van der Waals surface area contributed by atoms with Gasteiger partial charge in [-0.05, 0) is 38.5 Å². The third kappa shape index (κ3) is 2.65. The predicted molar refractivity (Wildman–Crippen MR) is 84.2 cm³/mol. The number of rotatable bonds is 3. The molecular weight excluding hydrogens is 318 g/mol. The van der Waals surface area contributed by atoms with Crippen molar-refractivity contribution in [2.75, 3.05) is 24.6 Å². The lowest BCUT2D eigenvalue weighted by Gasteiger charge is -2.19. The normalized spacial score (nSPS) is 18.9. The van der Waals surface area contributed by atoms with Crippen LogP contribution in [0.1, 0.15) is 19.2 Å². The maximum Gasteiger partial charge on any atom is 0.140 e. The maximum atomic E-state index is 5.72. The summed E-state index contributed by atoms with van der Waals surface area (Å²) in [7, 11) is 0. The van der Waals surface area contributed by atoms with Gasteiger partial charge in [-0.2, -0.15) is 0 Å². The molecule has 1 aromatic heterocycles. The van der Waals surface area contributed by atoms with Crippen molar-refractivity contribution in [3.63, 3.8) is 0 Å². The fraction of sp³-hybridized carbons (Fsp3) is 0.467. The molecule has 1 aliphatic rings. The van der Waals surface area contributed by atoms with Gasteiger partial charge >= 0.3 is 0 Å². The van der Waals surface area contributed by atoms with Gasteiger partial charge in [0.05, 0.1) is 11.6 Å². The number of aryl methyl sites for hydroxylation is 1. The van der Waals surface area contributed by atoms with Crippen molar-refractivity contribution in [3.05, 3.63) is 28.5 Å². The molecule has 1 atom stereocenters. The Morgan fingerprint density at radius 1 is 1.40 bits per heavy atom. The van der Waals surface area contributed by atoms with Gasteiger partial charge in [-0.15, -0.1) is 0 Å². The molecule has 1 aromatic carbocycles. The quantitative estimate of drug-likeness (QED) is 0.862. The molecule has 2 aromatic rings. The van der Waals surface area contributed by atoms with E-state index in [-0.39, 0.29) is 0 Å². The molecular formula is C15H18BrN3O. The maximum absolute atomic E-state index is 5.72. The van der Waals surface area contributed by atoms with E-state index in [1.807, 2.05) is 26.0 Å². The molecule has 0 unspecified atom stereocenters. The zero-order chi connectivity index (χ0) is 14.1. The number of hydrogen-bond donors (Lipinski definition) is 0. The third-order valence-corrected chi connectivity index (χ3v) is 4.09. The lowest BCUT2D eigenvalue weighted by atomic mass is 10.2. The molecule has 106 valence electrons. The first-order valence-corrected chi connectivity index (χ1v) is 7.77. The van der Waals surface area contributed by atoms with E-state index in [0.717, 1.165) is 53.1 Å². The highest BCUT2D eigenvalue weighted by Gasteiger charge is 2.25. The van der Waals surface area contributed by atoms with Crippen LogP contribution >= 0.6 is 15.9 Å². The smallest absolute Gasteiger partial charge is 0.140 e. The van der Waals surface area contributed by atoms with Crippen LogP contribution in [0.15, 0.2) is 22.7 Å². The molecule has 0 spiro atoms. The number of anilines is 1. The van der Waals surface area contributed by atoms with Crippen molar-refractivity contribution in [1.29, 1.82) is 0 Å². The van der Waals surface area contributed by atoms with Crippen molar-refractivity contribution in [1.82, 2.24) is 9.97 Å². The molecule has 1 aliphatic heterocycles. The molecule has 1 fully saturated rings. The van der Waals surface area contributed by atoms with E-state index >= 15 is 0 Å². The van der Waals surface area contributed by atoms with Crippen LogP contribution in [0, 0.1) is 6.92 Å². The minimum atomic E-state index is 0.320. The summed E-state index contributed by atoms with van der Waals surface area (Å²) in [5.41, 5.74) is 0.988. The Morgan fingerprint density at radius 2 is 2.25 bits per heavy atom. The Hall–Kier alpha value is -1.20. The summed E-state index contributed by atoms with van der Waals surface area (Å²) in [5.74, 6) is 1.84. The molecule has 2 heterocycles. The average molecular weight is 336 g/mol. The van der Waals surface area contributed by atoms with Crippen molar-refractivity contribution in [2.45, 2.75) is 26.4 Å². The standard InChI is InChI=1S/C15H18BrN3O/c1-3-20-12-6-7-19(9-12)15-13-5-4-11(16)8-14(13)17-10(2)18-15/h4-5,8,12H,3,6-7,9H2,1-2H3/t12-/m0/s1. The van der Waals surface area contributed by atoms with E-state index in [4.69, 9.17) is 4.74 Å². The van der Waals surface area contributed by atoms with E-state index in [2.05, 4.69) is 36.9 Å². The van der Waals surface area contributed by atoms with Gasteiger partial charge in [0.2, 0.25) is 0 Å². The number of nitrogens with zero attached hydrogens (tertiary/aromatic N) is 3. The molecule has 0 saturated carbocycles. The fourth-order valence-corrected chi connectivity index (χ4v) is 3.08. The highest BCUT2D eigenvalue weighted by atomic mass is 79.9. The van der Waals surface area contributed by atoms with Crippen LogP contribution in [0.2, 0.25) is 0 Å². The first kappa shape index (κ1) is 13.8. The minimum Gasteiger partial charge on any atom is -0.377 e. The van der Waals surface area contributed by atoms with Crippen LogP contribution < -0.4 is 4.90 Å². The SMILES string of the molecule is CCO[C@H]1CCN(c2nc(C)nc3cc(Br)ccc23)C1. The van der Waals surface area contributed by atoms with Crippen LogP contribution in [0.4, 0.5) is 5.82 Å². The van der Waals surface area contributed by atoms with Crippen molar-refractivity contribution in [2.24, 2.45) is 0 Å². The molecule has 20 heavy (non-hydrogen) atoms.